The van der Waals surface area contributed by atoms with Crippen LogP contribution in [0.25, 0.3) is 0 Å². The summed E-state index contributed by atoms with van der Waals surface area (Å²) < 4.78 is 2.83. The fourth-order valence-corrected chi connectivity index (χ4v) is 2.47. The topological polar surface area (TPSA) is 55.9 Å². The Morgan fingerprint density at radius 3 is 2.89 bits per heavy atom. The first-order valence-electron chi connectivity index (χ1n) is 6.10. The molecule has 1 unspecified atom stereocenters. The predicted molar refractivity (Wildman–Crippen MR) is 80.8 cm³/mol. The van der Waals surface area contributed by atoms with E-state index in [0.717, 1.165) is 28.7 Å². The van der Waals surface area contributed by atoms with Crippen LogP contribution in [0, 0.1) is 0 Å². The van der Waals surface area contributed by atoms with Gasteiger partial charge in [0.1, 0.15) is 0 Å². The first-order chi connectivity index (χ1) is 9.17. The lowest BCUT2D eigenvalue weighted by Gasteiger charge is -2.18. The highest BCUT2D eigenvalue weighted by Crippen LogP contribution is 2.28. The van der Waals surface area contributed by atoms with Crippen molar-refractivity contribution in [3.05, 3.63) is 51.2 Å². The minimum absolute atomic E-state index is 0.125. The number of hydrazine groups is 1. The second-order valence-electron chi connectivity index (χ2n) is 4.25. The molecule has 1 aromatic carbocycles. The van der Waals surface area contributed by atoms with Gasteiger partial charge in [-0.15, -0.1) is 0 Å². The molecule has 0 saturated carbocycles. The highest BCUT2D eigenvalue weighted by Gasteiger charge is 2.17. The van der Waals surface area contributed by atoms with Gasteiger partial charge in [-0.3, -0.25) is 10.5 Å². The molecule has 2 aromatic rings. The van der Waals surface area contributed by atoms with Crippen molar-refractivity contribution < 1.29 is 0 Å². The van der Waals surface area contributed by atoms with Gasteiger partial charge in [0.25, 0.3) is 0 Å². The zero-order valence-corrected chi connectivity index (χ0v) is 12.9. The maximum absolute atomic E-state index is 6.14. The van der Waals surface area contributed by atoms with E-state index in [0.29, 0.717) is 5.02 Å². The van der Waals surface area contributed by atoms with Gasteiger partial charge in [0.05, 0.1) is 16.8 Å². The van der Waals surface area contributed by atoms with Gasteiger partial charge in [-0.2, -0.15) is 5.10 Å². The van der Waals surface area contributed by atoms with Crippen LogP contribution in [-0.4, -0.2) is 9.78 Å². The second kappa shape index (κ2) is 6.52. The Hall–Kier alpha value is -0.880. The summed E-state index contributed by atoms with van der Waals surface area (Å²) in [6, 6.07) is 7.65. The van der Waals surface area contributed by atoms with E-state index in [1.54, 1.807) is 6.20 Å². The van der Waals surface area contributed by atoms with Gasteiger partial charge >= 0.3 is 0 Å². The number of rotatable bonds is 5. The van der Waals surface area contributed by atoms with E-state index in [1.807, 2.05) is 28.9 Å². The summed E-state index contributed by atoms with van der Waals surface area (Å²) in [6.45, 7) is 2.98. The van der Waals surface area contributed by atoms with Gasteiger partial charge in [-0.25, -0.2) is 5.43 Å². The minimum Gasteiger partial charge on any atom is -0.271 e. The van der Waals surface area contributed by atoms with Crippen LogP contribution in [0.15, 0.2) is 34.9 Å². The number of aromatic nitrogens is 2. The molecule has 0 bridgehead atoms. The molecule has 1 atom stereocenters. The number of hydrogen-bond acceptors (Lipinski definition) is 3. The van der Waals surface area contributed by atoms with Crippen LogP contribution in [0.2, 0.25) is 5.02 Å². The van der Waals surface area contributed by atoms with Gasteiger partial charge < -0.3 is 0 Å². The van der Waals surface area contributed by atoms with Crippen LogP contribution in [0.3, 0.4) is 0 Å². The highest BCUT2D eigenvalue weighted by molar-refractivity contribution is 9.10. The van der Waals surface area contributed by atoms with Gasteiger partial charge in [0.15, 0.2) is 0 Å². The first kappa shape index (κ1) is 14.5. The van der Waals surface area contributed by atoms with Crippen molar-refractivity contribution in [2.75, 3.05) is 0 Å². The number of nitrogens with two attached hydrogens (primary N) is 1. The van der Waals surface area contributed by atoms with Gasteiger partial charge in [0, 0.05) is 17.2 Å². The summed E-state index contributed by atoms with van der Waals surface area (Å²) in [6.07, 6.45) is 2.81. The van der Waals surface area contributed by atoms with Crippen molar-refractivity contribution in [3.63, 3.8) is 0 Å². The highest BCUT2D eigenvalue weighted by atomic mass is 79.9. The van der Waals surface area contributed by atoms with Crippen molar-refractivity contribution in [3.8, 4) is 0 Å². The standard InChI is InChI=1S/C13H16BrClN4/c1-2-7-19-12(5-6-17-19)13(18-16)9-3-4-10(14)11(15)8-9/h3-6,8,13,18H,2,7,16H2,1H3. The molecule has 4 nitrogen and oxygen atoms in total. The summed E-state index contributed by atoms with van der Waals surface area (Å²) in [5.74, 6) is 5.70. The monoisotopic (exact) mass is 342 g/mol. The molecule has 0 aliphatic rings. The molecule has 0 radical (unpaired) electrons. The average Bonchev–Trinajstić information content (AvgIpc) is 2.83. The maximum Gasteiger partial charge on any atom is 0.0878 e. The van der Waals surface area contributed by atoms with Crippen LogP contribution in [-0.2, 0) is 6.54 Å². The fourth-order valence-electron chi connectivity index (χ4n) is 2.03. The Morgan fingerprint density at radius 1 is 1.47 bits per heavy atom. The zero-order valence-electron chi connectivity index (χ0n) is 10.6. The van der Waals surface area contributed by atoms with E-state index in [-0.39, 0.29) is 6.04 Å². The summed E-state index contributed by atoms with van der Waals surface area (Å²) >= 11 is 9.53. The van der Waals surface area contributed by atoms with E-state index in [9.17, 15) is 0 Å². The Labute approximate surface area is 126 Å². The number of hydrogen-bond donors (Lipinski definition) is 2. The third-order valence-electron chi connectivity index (χ3n) is 2.92. The molecule has 19 heavy (non-hydrogen) atoms. The number of nitrogens with zero attached hydrogens (tertiary/aromatic N) is 2. The lowest BCUT2D eigenvalue weighted by Crippen LogP contribution is -2.30. The van der Waals surface area contributed by atoms with Crippen molar-refractivity contribution in [2.45, 2.75) is 25.9 Å². The zero-order chi connectivity index (χ0) is 13.8. The summed E-state index contributed by atoms with van der Waals surface area (Å²) in [4.78, 5) is 0. The quantitative estimate of drug-likeness (QED) is 0.647. The van der Waals surface area contributed by atoms with Crippen LogP contribution in [0.1, 0.15) is 30.6 Å². The largest absolute Gasteiger partial charge is 0.271 e. The summed E-state index contributed by atoms with van der Waals surface area (Å²) in [5.41, 5.74) is 4.87. The Balaban J connectivity index is 2.38. The van der Waals surface area contributed by atoms with E-state index in [2.05, 4.69) is 33.4 Å². The lowest BCUT2D eigenvalue weighted by atomic mass is 10.0. The molecule has 0 fully saturated rings. The lowest BCUT2D eigenvalue weighted by molar-refractivity contribution is 0.521. The third-order valence-corrected chi connectivity index (χ3v) is 4.16. The maximum atomic E-state index is 6.14. The van der Waals surface area contributed by atoms with Crippen LogP contribution in [0.4, 0.5) is 0 Å². The van der Waals surface area contributed by atoms with Crippen LogP contribution < -0.4 is 11.3 Å². The summed E-state index contributed by atoms with van der Waals surface area (Å²) in [7, 11) is 0. The van der Waals surface area contributed by atoms with E-state index in [1.165, 1.54) is 0 Å². The molecular formula is C13H16BrClN4. The molecular weight excluding hydrogens is 328 g/mol. The number of nitrogens with one attached hydrogen (secondary N) is 1. The Kier molecular flexibility index (Phi) is 4.99. The normalized spacial score (nSPS) is 12.6. The van der Waals surface area contributed by atoms with Crippen LogP contribution in [0.5, 0.6) is 0 Å². The van der Waals surface area contributed by atoms with E-state index < -0.39 is 0 Å². The number of aryl methyl sites for hydroxylation is 1. The molecule has 1 aromatic heterocycles. The number of benzene rings is 1. The number of halogens is 2. The summed E-state index contributed by atoms with van der Waals surface area (Å²) in [5, 5.41) is 4.99. The molecule has 0 aliphatic carbocycles. The smallest absolute Gasteiger partial charge is 0.0878 e. The SMILES string of the molecule is CCCn1nccc1C(NN)c1ccc(Br)c(Cl)c1. The van der Waals surface area contributed by atoms with Crippen LogP contribution >= 0.6 is 27.5 Å². The molecule has 1 heterocycles. The molecule has 3 N–H and O–H groups in total. The Bertz CT molecular complexity index is 555. The minimum atomic E-state index is -0.125. The predicted octanol–water partition coefficient (Wildman–Crippen LogP) is 3.26. The van der Waals surface area contributed by atoms with Crippen molar-refractivity contribution in [2.24, 2.45) is 5.84 Å². The van der Waals surface area contributed by atoms with E-state index >= 15 is 0 Å². The molecule has 2 rings (SSSR count). The van der Waals surface area contributed by atoms with E-state index in [4.69, 9.17) is 17.4 Å². The molecule has 0 amide bonds. The molecule has 6 heteroatoms. The third kappa shape index (κ3) is 3.17. The van der Waals surface area contributed by atoms with Gasteiger partial charge in [-0.1, -0.05) is 24.6 Å². The van der Waals surface area contributed by atoms with Gasteiger partial charge in [0.2, 0.25) is 0 Å². The average molecular weight is 344 g/mol. The Morgan fingerprint density at radius 2 is 2.26 bits per heavy atom. The molecule has 0 saturated heterocycles. The molecule has 102 valence electrons. The molecule has 0 aliphatic heterocycles. The van der Waals surface area contributed by atoms with Crippen molar-refractivity contribution >= 4 is 27.5 Å². The first-order valence-corrected chi connectivity index (χ1v) is 7.27. The molecule has 0 spiro atoms. The van der Waals surface area contributed by atoms with Crippen molar-refractivity contribution in [1.82, 2.24) is 15.2 Å². The second-order valence-corrected chi connectivity index (χ2v) is 5.51. The van der Waals surface area contributed by atoms with Crippen molar-refractivity contribution in [1.29, 1.82) is 0 Å². The van der Waals surface area contributed by atoms with Gasteiger partial charge in [-0.05, 0) is 46.1 Å². The fraction of sp³-hybridized carbons (Fsp3) is 0.308.